The third-order valence-electron chi connectivity index (χ3n) is 3.68. The van der Waals surface area contributed by atoms with Crippen LogP contribution in [0, 0.1) is 18.8 Å². The molecule has 0 N–H and O–H groups in total. The first-order chi connectivity index (χ1) is 11.5. The van der Waals surface area contributed by atoms with Crippen molar-refractivity contribution in [3.05, 3.63) is 52.2 Å². The second kappa shape index (κ2) is 6.48. The zero-order valence-electron chi connectivity index (χ0n) is 13.5. The Kier molecular flexibility index (Phi) is 4.39. The number of nitroso groups, excluding NO2 is 1. The van der Waals surface area contributed by atoms with E-state index in [-0.39, 0.29) is 10.9 Å². The van der Waals surface area contributed by atoms with Gasteiger partial charge in [0.1, 0.15) is 5.75 Å². The van der Waals surface area contributed by atoms with Crippen molar-refractivity contribution in [2.75, 3.05) is 7.11 Å². The van der Waals surface area contributed by atoms with Crippen LogP contribution >= 0.6 is 0 Å². The molecule has 0 fully saturated rings. The first-order valence-electron chi connectivity index (χ1n) is 7.24. The van der Waals surface area contributed by atoms with Crippen molar-refractivity contribution in [3.8, 4) is 5.75 Å². The predicted octanol–water partition coefficient (Wildman–Crippen LogP) is 2.89. The van der Waals surface area contributed by atoms with Crippen LogP contribution in [0.3, 0.4) is 0 Å². The lowest BCUT2D eigenvalue weighted by Gasteiger charge is -2.05. The fraction of sp³-hybridized carbons (Fsp3) is 0.250. The molecule has 0 aliphatic heterocycles. The van der Waals surface area contributed by atoms with Crippen molar-refractivity contribution in [2.24, 2.45) is 5.29 Å². The van der Waals surface area contributed by atoms with Gasteiger partial charge in [-0.25, -0.2) is 4.98 Å². The van der Waals surface area contributed by atoms with Crippen molar-refractivity contribution in [1.29, 1.82) is 0 Å². The average molecular weight is 344 g/mol. The van der Waals surface area contributed by atoms with Crippen molar-refractivity contribution >= 4 is 21.8 Å². The normalized spacial score (nSPS) is 12.3. The van der Waals surface area contributed by atoms with Gasteiger partial charge in [-0.15, -0.1) is 4.91 Å². The van der Waals surface area contributed by atoms with Gasteiger partial charge in [0.2, 0.25) is 5.16 Å². The Hall–Kier alpha value is -2.61. The molecule has 3 aromatic rings. The molecule has 0 bridgehead atoms. The molecule has 2 heterocycles. The van der Waals surface area contributed by atoms with Gasteiger partial charge in [0.15, 0.2) is 0 Å². The number of pyridine rings is 1. The second-order valence-electron chi connectivity index (χ2n) is 5.41. The molecule has 0 radical (unpaired) electrons. The third-order valence-corrected chi connectivity index (χ3v) is 4.89. The summed E-state index contributed by atoms with van der Waals surface area (Å²) in [5.74, 6) is 0.772. The number of nitrogens with zero attached hydrogens (tertiary/aromatic N) is 4. The summed E-state index contributed by atoms with van der Waals surface area (Å²) in [6.07, 6.45) is 1.73. The number of fused-ring (bicyclic) bond motifs is 1. The number of hydrogen-bond donors (Lipinski definition) is 0. The maximum atomic E-state index is 12.7. The highest BCUT2D eigenvalue weighted by atomic mass is 32.2. The van der Waals surface area contributed by atoms with Gasteiger partial charge < -0.3 is 4.74 Å². The highest BCUT2D eigenvalue weighted by Gasteiger charge is 2.19. The number of aromatic nitrogens is 3. The van der Waals surface area contributed by atoms with Crippen molar-refractivity contribution in [1.82, 2.24) is 14.6 Å². The van der Waals surface area contributed by atoms with Crippen molar-refractivity contribution < 1.29 is 8.95 Å². The highest BCUT2D eigenvalue weighted by molar-refractivity contribution is 7.84. The summed E-state index contributed by atoms with van der Waals surface area (Å²) in [6.45, 7) is 3.86. The maximum Gasteiger partial charge on any atom is 0.223 e. The van der Waals surface area contributed by atoms with Gasteiger partial charge in [0.05, 0.1) is 45.7 Å². The van der Waals surface area contributed by atoms with E-state index in [1.54, 1.807) is 31.5 Å². The van der Waals surface area contributed by atoms with Gasteiger partial charge in [-0.05, 0) is 37.1 Å². The first-order valence-corrected chi connectivity index (χ1v) is 8.56. The maximum absolute atomic E-state index is 12.7. The van der Waals surface area contributed by atoms with Crippen LogP contribution in [0.5, 0.6) is 5.75 Å². The fourth-order valence-corrected chi connectivity index (χ4v) is 3.67. The van der Waals surface area contributed by atoms with E-state index >= 15 is 0 Å². The molecule has 0 aliphatic carbocycles. The zero-order chi connectivity index (χ0) is 17.3. The van der Waals surface area contributed by atoms with Crippen LogP contribution in [0.15, 0.2) is 40.9 Å². The van der Waals surface area contributed by atoms with Crippen LogP contribution < -0.4 is 4.74 Å². The number of rotatable bonds is 5. The smallest absolute Gasteiger partial charge is 0.223 e. The molecule has 1 atom stereocenters. The van der Waals surface area contributed by atoms with E-state index < -0.39 is 10.8 Å². The minimum atomic E-state index is -1.55. The van der Waals surface area contributed by atoms with Gasteiger partial charge in [0, 0.05) is 12.3 Å². The largest absolute Gasteiger partial charge is 0.497 e. The molecule has 1 aromatic carbocycles. The van der Waals surface area contributed by atoms with Gasteiger partial charge >= 0.3 is 0 Å². The molecule has 0 aliphatic rings. The van der Waals surface area contributed by atoms with E-state index in [0.717, 1.165) is 15.8 Å². The average Bonchev–Trinajstić information content (AvgIpc) is 2.94. The van der Waals surface area contributed by atoms with Crippen LogP contribution in [0.2, 0.25) is 0 Å². The summed E-state index contributed by atoms with van der Waals surface area (Å²) in [7, 11) is -0.00645. The Morgan fingerprint density at radius 3 is 2.75 bits per heavy atom. The molecule has 1 unspecified atom stereocenters. The fourth-order valence-electron chi connectivity index (χ4n) is 2.46. The summed E-state index contributed by atoms with van der Waals surface area (Å²) in [5, 5.41) is 3.07. The Bertz CT molecular complexity index is 952. The summed E-state index contributed by atoms with van der Waals surface area (Å²) in [4.78, 5) is 19.8. The number of aryl methyl sites for hydroxylation is 2. The Balaban J connectivity index is 2.01. The molecule has 8 heteroatoms. The van der Waals surface area contributed by atoms with Gasteiger partial charge in [0.25, 0.3) is 0 Å². The second-order valence-corrected chi connectivity index (χ2v) is 6.75. The molecule has 0 saturated heterocycles. The Morgan fingerprint density at radius 1 is 1.29 bits per heavy atom. The number of hydrogen-bond acceptors (Lipinski definition) is 6. The lowest BCUT2D eigenvalue weighted by atomic mass is 10.2. The van der Waals surface area contributed by atoms with Crippen LogP contribution in [-0.4, -0.2) is 26.0 Å². The highest BCUT2D eigenvalue weighted by Crippen LogP contribution is 2.24. The van der Waals surface area contributed by atoms with Crippen LogP contribution in [0.25, 0.3) is 11.0 Å². The minimum absolute atomic E-state index is 0.107. The number of benzene rings is 1. The predicted molar refractivity (Wildman–Crippen MR) is 91.3 cm³/mol. The summed E-state index contributed by atoms with van der Waals surface area (Å²) >= 11 is 0. The molecule has 0 spiro atoms. The van der Waals surface area contributed by atoms with E-state index in [1.807, 2.05) is 19.9 Å². The lowest BCUT2D eigenvalue weighted by Crippen LogP contribution is -2.06. The van der Waals surface area contributed by atoms with Crippen LogP contribution in [0.1, 0.15) is 16.8 Å². The summed E-state index contributed by atoms with van der Waals surface area (Å²) in [5.41, 5.74) is 3.69. The topological polar surface area (TPSA) is 86.4 Å². The van der Waals surface area contributed by atoms with Crippen LogP contribution in [-0.2, 0) is 16.6 Å². The third kappa shape index (κ3) is 2.92. The Labute approximate surface area is 141 Å². The number of imidazole rings is 1. The number of methoxy groups -OCH3 is 1. The van der Waals surface area contributed by atoms with Gasteiger partial charge in [-0.3, -0.25) is 9.19 Å². The number of ether oxygens (including phenoxy) is 1. The molecule has 0 amide bonds. The zero-order valence-corrected chi connectivity index (χ0v) is 14.3. The summed E-state index contributed by atoms with van der Waals surface area (Å²) < 4.78 is 18.9. The molecule has 2 aromatic heterocycles. The van der Waals surface area contributed by atoms with Crippen molar-refractivity contribution in [2.45, 2.75) is 24.8 Å². The van der Waals surface area contributed by atoms with E-state index in [9.17, 15) is 9.12 Å². The summed E-state index contributed by atoms with van der Waals surface area (Å²) in [6, 6.07) is 7.02. The monoisotopic (exact) mass is 344 g/mol. The van der Waals surface area contributed by atoms with Crippen molar-refractivity contribution in [3.63, 3.8) is 0 Å². The van der Waals surface area contributed by atoms with Gasteiger partial charge in [-0.1, -0.05) is 6.07 Å². The van der Waals surface area contributed by atoms with Gasteiger partial charge in [-0.2, -0.15) is 4.68 Å². The standard InChI is InChI=1S/C16H16N4O3S/c1-10-6-11(2)14(17-8-10)9-24(22)16-18-13-7-12(23-3)4-5-15(13)20(16)19-21/h4-8H,9H2,1-3H3. The minimum Gasteiger partial charge on any atom is -0.497 e. The van der Waals surface area contributed by atoms with E-state index in [2.05, 4.69) is 15.3 Å². The lowest BCUT2D eigenvalue weighted by molar-refractivity contribution is 0.415. The molecular formula is C16H16N4O3S. The van der Waals surface area contributed by atoms with E-state index in [1.165, 1.54) is 0 Å². The Morgan fingerprint density at radius 2 is 2.08 bits per heavy atom. The van der Waals surface area contributed by atoms with E-state index in [4.69, 9.17) is 4.74 Å². The molecule has 124 valence electrons. The molecular weight excluding hydrogens is 328 g/mol. The van der Waals surface area contributed by atoms with Crippen LogP contribution in [0.4, 0.5) is 0 Å². The first kappa shape index (κ1) is 16.3. The molecule has 24 heavy (non-hydrogen) atoms. The van der Waals surface area contributed by atoms with E-state index in [0.29, 0.717) is 22.5 Å². The molecule has 7 nitrogen and oxygen atoms in total. The molecule has 0 saturated carbocycles. The SMILES string of the molecule is COc1ccc2c(c1)nc(S(=O)Cc1ncc(C)cc1C)n2N=O. The molecule has 3 rings (SSSR count). The quantitative estimate of drug-likeness (QED) is 0.664.